The lowest BCUT2D eigenvalue weighted by Crippen LogP contribution is -2.67. The first kappa shape index (κ1) is 12.4. The van der Waals surface area contributed by atoms with Gasteiger partial charge in [0.2, 0.25) is 0 Å². The van der Waals surface area contributed by atoms with Gasteiger partial charge in [0, 0.05) is 30.2 Å². The van der Waals surface area contributed by atoms with Crippen molar-refractivity contribution >= 4 is 0 Å². The fraction of sp³-hybridized carbons (Fsp3) is 1.00. The van der Waals surface area contributed by atoms with Crippen molar-refractivity contribution in [2.75, 3.05) is 13.1 Å². The molecule has 0 spiro atoms. The van der Waals surface area contributed by atoms with Crippen molar-refractivity contribution in [3.63, 3.8) is 0 Å². The van der Waals surface area contributed by atoms with E-state index in [-0.39, 0.29) is 0 Å². The van der Waals surface area contributed by atoms with Gasteiger partial charge in [-0.25, -0.2) is 0 Å². The standard InChI is InChI=1S/C14H28N2/c1-6-14(5)10-16(11(2)9-15-14)13(3,4)12-7-8-12/h11-12,15H,6-10H2,1-5H3. The lowest BCUT2D eigenvalue weighted by atomic mass is 9.87. The third kappa shape index (κ3) is 2.14. The maximum Gasteiger partial charge on any atom is 0.0278 e. The Labute approximate surface area is 101 Å². The van der Waals surface area contributed by atoms with Gasteiger partial charge < -0.3 is 5.32 Å². The van der Waals surface area contributed by atoms with Gasteiger partial charge in [-0.2, -0.15) is 0 Å². The molecule has 1 aliphatic heterocycles. The Morgan fingerprint density at radius 2 is 2.00 bits per heavy atom. The molecule has 1 N–H and O–H groups in total. The highest BCUT2D eigenvalue weighted by Crippen LogP contribution is 2.44. The summed E-state index contributed by atoms with van der Waals surface area (Å²) in [5, 5.41) is 3.71. The smallest absolute Gasteiger partial charge is 0.0278 e. The zero-order chi connectivity index (χ0) is 12.0. The van der Waals surface area contributed by atoms with Crippen molar-refractivity contribution in [1.82, 2.24) is 10.2 Å². The van der Waals surface area contributed by atoms with E-state index in [2.05, 4.69) is 44.8 Å². The molecule has 1 saturated carbocycles. The first-order valence-corrected chi connectivity index (χ1v) is 6.91. The van der Waals surface area contributed by atoms with Crippen LogP contribution in [0.5, 0.6) is 0 Å². The van der Waals surface area contributed by atoms with E-state index in [0.717, 1.165) is 12.5 Å². The predicted molar refractivity (Wildman–Crippen MR) is 69.7 cm³/mol. The Balaban J connectivity index is 2.11. The average molecular weight is 224 g/mol. The summed E-state index contributed by atoms with van der Waals surface area (Å²) in [6, 6.07) is 0.676. The van der Waals surface area contributed by atoms with E-state index in [1.807, 2.05) is 0 Å². The van der Waals surface area contributed by atoms with E-state index in [4.69, 9.17) is 0 Å². The topological polar surface area (TPSA) is 15.3 Å². The lowest BCUT2D eigenvalue weighted by Gasteiger charge is -2.52. The molecule has 0 aromatic carbocycles. The molecule has 0 bridgehead atoms. The van der Waals surface area contributed by atoms with Gasteiger partial charge in [-0.15, -0.1) is 0 Å². The van der Waals surface area contributed by atoms with E-state index in [1.54, 1.807) is 0 Å². The molecule has 94 valence electrons. The van der Waals surface area contributed by atoms with Gasteiger partial charge in [-0.1, -0.05) is 6.92 Å². The number of nitrogens with zero attached hydrogens (tertiary/aromatic N) is 1. The second-order valence-corrected chi connectivity index (χ2v) is 6.70. The highest BCUT2D eigenvalue weighted by molar-refractivity contribution is 5.03. The van der Waals surface area contributed by atoms with E-state index in [0.29, 0.717) is 17.1 Å². The Kier molecular flexibility index (Phi) is 3.09. The van der Waals surface area contributed by atoms with Crippen molar-refractivity contribution < 1.29 is 0 Å². The van der Waals surface area contributed by atoms with Crippen LogP contribution in [0.2, 0.25) is 0 Å². The van der Waals surface area contributed by atoms with Gasteiger partial charge in [-0.05, 0) is 52.9 Å². The monoisotopic (exact) mass is 224 g/mol. The van der Waals surface area contributed by atoms with Crippen molar-refractivity contribution in [1.29, 1.82) is 0 Å². The molecule has 2 atom stereocenters. The largest absolute Gasteiger partial charge is 0.309 e. The maximum atomic E-state index is 3.71. The Morgan fingerprint density at radius 1 is 1.38 bits per heavy atom. The summed E-state index contributed by atoms with van der Waals surface area (Å²) in [7, 11) is 0. The fourth-order valence-electron chi connectivity index (χ4n) is 3.12. The molecule has 2 aliphatic rings. The molecule has 1 saturated heterocycles. The van der Waals surface area contributed by atoms with Crippen LogP contribution >= 0.6 is 0 Å². The van der Waals surface area contributed by atoms with Crippen molar-refractivity contribution in [3.05, 3.63) is 0 Å². The summed E-state index contributed by atoms with van der Waals surface area (Å²) in [5.41, 5.74) is 0.719. The highest BCUT2D eigenvalue weighted by atomic mass is 15.3. The SMILES string of the molecule is CCC1(C)CN(C(C)(C)C2CC2)C(C)CN1. The molecule has 2 nitrogen and oxygen atoms in total. The summed E-state index contributed by atoms with van der Waals surface area (Å²) in [6.45, 7) is 14.3. The fourth-order valence-corrected chi connectivity index (χ4v) is 3.12. The number of piperazine rings is 1. The van der Waals surface area contributed by atoms with Crippen LogP contribution < -0.4 is 5.32 Å². The van der Waals surface area contributed by atoms with Gasteiger partial charge in [-0.3, -0.25) is 4.90 Å². The zero-order valence-corrected chi connectivity index (χ0v) is 11.6. The Bertz CT molecular complexity index is 257. The molecule has 1 heterocycles. The van der Waals surface area contributed by atoms with Crippen molar-refractivity contribution in [2.45, 2.75) is 71.0 Å². The third-order valence-electron chi connectivity index (χ3n) is 4.97. The Hall–Kier alpha value is -0.0800. The molecular formula is C14H28N2. The number of hydrogen-bond donors (Lipinski definition) is 1. The van der Waals surface area contributed by atoms with Gasteiger partial charge in [0.05, 0.1) is 0 Å². The van der Waals surface area contributed by atoms with Crippen LogP contribution in [-0.2, 0) is 0 Å². The maximum absolute atomic E-state index is 3.71. The summed E-state index contributed by atoms with van der Waals surface area (Å²) in [6.07, 6.45) is 4.09. The first-order chi connectivity index (χ1) is 7.39. The molecule has 16 heavy (non-hydrogen) atoms. The summed E-state index contributed by atoms with van der Waals surface area (Å²) in [5.74, 6) is 0.939. The van der Waals surface area contributed by atoms with Crippen LogP contribution in [0.15, 0.2) is 0 Å². The second kappa shape index (κ2) is 3.99. The number of hydrogen-bond acceptors (Lipinski definition) is 2. The van der Waals surface area contributed by atoms with Crippen LogP contribution in [0.4, 0.5) is 0 Å². The molecular weight excluding hydrogens is 196 g/mol. The molecule has 0 aromatic rings. The summed E-state index contributed by atoms with van der Waals surface area (Å²) >= 11 is 0. The minimum absolute atomic E-state index is 0.318. The van der Waals surface area contributed by atoms with Crippen LogP contribution in [0.3, 0.4) is 0 Å². The zero-order valence-electron chi connectivity index (χ0n) is 11.6. The lowest BCUT2D eigenvalue weighted by molar-refractivity contribution is -0.00117. The van der Waals surface area contributed by atoms with Gasteiger partial charge in [0.15, 0.2) is 0 Å². The Morgan fingerprint density at radius 3 is 2.50 bits per heavy atom. The second-order valence-electron chi connectivity index (χ2n) is 6.70. The molecule has 0 aromatic heterocycles. The molecule has 2 heteroatoms. The van der Waals surface area contributed by atoms with Crippen LogP contribution in [0, 0.1) is 5.92 Å². The minimum Gasteiger partial charge on any atom is -0.309 e. The van der Waals surface area contributed by atoms with Crippen LogP contribution in [0.1, 0.15) is 53.9 Å². The van der Waals surface area contributed by atoms with Gasteiger partial charge >= 0.3 is 0 Å². The van der Waals surface area contributed by atoms with Crippen LogP contribution in [-0.4, -0.2) is 35.1 Å². The molecule has 0 amide bonds. The van der Waals surface area contributed by atoms with E-state index < -0.39 is 0 Å². The predicted octanol–water partition coefficient (Wildman–Crippen LogP) is 2.64. The molecule has 2 rings (SSSR count). The first-order valence-electron chi connectivity index (χ1n) is 6.91. The number of rotatable bonds is 3. The van der Waals surface area contributed by atoms with Crippen molar-refractivity contribution in [2.24, 2.45) is 5.92 Å². The van der Waals surface area contributed by atoms with E-state index >= 15 is 0 Å². The normalized spacial score (nSPS) is 37.7. The number of nitrogens with one attached hydrogen (secondary N) is 1. The molecule has 1 aliphatic carbocycles. The minimum atomic E-state index is 0.318. The van der Waals surface area contributed by atoms with Crippen molar-refractivity contribution in [3.8, 4) is 0 Å². The highest BCUT2D eigenvalue weighted by Gasteiger charge is 2.46. The van der Waals surface area contributed by atoms with E-state index in [1.165, 1.54) is 25.8 Å². The van der Waals surface area contributed by atoms with Gasteiger partial charge in [0.1, 0.15) is 0 Å². The third-order valence-corrected chi connectivity index (χ3v) is 4.97. The average Bonchev–Trinajstić information content (AvgIpc) is 3.05. The van der Waals surface area contributed by atoms with E-state index in [9.17, 15) is 0 Å². The summed E-state index contributed by atoms with van der Waals surface area (Å²) < 4.78 is 0. The molecule has 2 unspecified atom stereocenters. The quantitative estimate of drug-likeness (QED) is 0.793. The van der Waals surface area contributed by atoms with Crippen LogP contribution in [0.25, 0.3) is 0 Å². The summed E-state index contributed by atoms with van der Waals surface area (Å²) in [4.78, 5) is 2.75. The van der Waals surface area contributed by atoms with Gasteiger partial charge in [0.25, 0.3) is 0 Å². The molecule has 0 radical (unpaired) electrons. The molecule has 2 fully saturated rings.